The topological polar surface area (TPSA) is 108 Å². The molecule has 0 aliphatic carbocycles. The van der Waals surface area contributed by atoms with Crippen LogP contribution in [-0.2, 0) is 4.74 Å². The number of carbonyl (C=O) groups excluding carboxylic acids is 1. The summed E-state index contributed by atoms with van der Waals surface area (Å²) in [6, 6.07) is 4.43. The summed E-state index contributed by atoms with van der Waals surface area (Å²) in [5.41, 5.74) is 5.03. The van der Waals surface area contributed by atoms with Crippen molar-refractivity contribution in [1.82, 2.24) is 4.90 Å². The number of nitrogens with two attached hydrogens (primary N) is 1. The van der Waals surface area contributed by atoms with Crippen molar-refractivity contribution in [2.75, 3.05) is 25.4 Å². The van der Waals surface area contributed by atoms with E-state index in [1.54, 1.807) is 11.0 Å². The van der Waals surface area contributed by atoms with Crippen molar-refractivity contribution < 1.29 is 19.2 Å². The summed E-state index contributed by atoms with van der Waals surface area (Å²) in [6.45, 7) is 7.21. The predicted molar refractivity (Wildman–Crippen MR) is 93.5 cm³/mol. The fraction of sp³-hybridized carbons (Fsp3) is 0.588. The van der Waals surface area contributed by atoms with Gasteiger partial charge in [0, 0.05) is 13.1 Å². The number of hydrogen-bond donors (Lipinski definition) is 1. The van der Waals surface area contributed by atoms with Crippen molar-refractivity contribution in [3.05, 3.63) is 28.3 Å². The normalized spacial score (nSPS) is 15.7. The molecule has 25 heavy (non-hydrogen) atoms. The van der Waals surface area contributed by atoms with Crippen LogP contribution in [0.15, 0.2) is 18.2 Å². The molecule has 8 heteroatoms. The van der Waals surface area contributed by atoms with Crippen LogP contribution in [0.25, 0.3) is 0 Å². The molecule has 0 saturated carbocycles. The first-order chi connectivity index (χ1) is 11.7. The van der Waals surface area contributed by atoms with Crippen molar-refractivity contribution in [2.45, 2.75) is 39.2 Å². The van der Waals surface area contributed by atoms with Gasteiger partial charge in [-0.25, -0.2) is 4.79 Å². The number of nitrogens with zero attached hydrogens (tertiary/aromatic N) is 2. The minimum atomic E-state index is -0.526. The number of hydrogen-bond acceptors (Lipinski definition) is 6. The first-order valence-corrected chi connectivity index (χ1v) is 8.30. The van der Waals surface area contributed by atoms with E-state index in [2.05, 4.69) is 0 Å². The molecule has 138 valence electrons. The molecule has 0 atom stereocenters. The van der Waals surface area contributed by atoms with Gasteiger partial charge >= 0.3 is 6.09 Å². The van der Waals surface area contributed by atoms with E-state index in [1.807, 2.05) is 20.8 Å². The monoisotopic (exact) mass is 351 g/mol. The van der Waals surface area contributed by atoms with Crippen LogP contribution in [0, 0.1) is 16.0 Å². The Morgan fingerprint density at radius 2 is 2.00 bits per heavy atom. The second-order valence-electron chi connectivity index (χ2n) is 7.20. The van der Waals surface area contributed by atoms with Crippen molar-refractivity contribution in [1.29, 1.82) is 0 Å². The largest absolute Gasteiger partial charge is 0.493 e. The van der Waals surface area contributed by atoms with Crippen LogP contribution in [0.3, 0.4) is 0 Å². The van der Waals surface area contributed by atoms with Crippen molar-refractivity contribution in [2.24, 2.45) is 5.92 Å². The molecule has 0 spiro atoms. The second kappa shape index (κ2) is 7.58. The molecule has 2 rings (SSSR count). The lowest BCUT2D eigenvalue weighted by atomic mass is 9.98. The Morgan fingerprint density at radius 3 is 2.56 bits per heavy atom. The molecule has 2 N–H and O–H groups in total. The average molecular weight is 351 g/mol. The summed E-state index contributed by atoms with van der Waals surface area (Å²) < 4.78 is 11.0. The number of nitro benzene ring substituents is 1. The van der Waals surface area contributed by atoms with Crippen LogP contribution in [0.2, 0.25) is 0 Å². The van der Waals surface area contributed by atoms with Crippen LogP contribution in [0.4, 0.5) is 16.2 Å². The molecular weight excluding hydrogens is 326 g/mol. The highest BCUT2D eigenvalue weighted by atomic mass is 16.6. The number of rotatable bonds is 4. The van der Waals surface area contributed by atoms with E-state index in [-0.39, 0.29) is 23.4 Å². The van der Waals surface area contributed by atoms with Crippen molar-refractivity contribution >= 4 is 17.5 Å². The molecule has 1 amide bonds. The Bertz CT molecular complexity index is 634. The molecule has 1 saturated heterocycles. The van der Waals surface area contributed by atoms with Crippen LogP contribution in [0.5, 0.6) is 5.75 Å². The lowest BCUT2D eigenvalue weighted by molar-refractivity contribution is -0.384. The van der Waals surface area contributed by atoms with E-state index >= 15 is 0 Å². The first kappa shape index (κ1) is 18.8. The molecule has 0 unspecified atom stereocenters. The second-order valence-corrected chi connectivity index (χ2v) is 7.20. The van der Waals surface area contributed by atoms with Crippen molar-refractivity contribution in [3.8, 4) is 5.75 Å². The van der Waals surface area contributed by atoms with Crippen LogP contribution in [-0.4, -0.2) is 41.2 Å². The van der Waals surface area contributed by atoms with Gasteiger partial charge in [0.2, 0.25) is 0 Å². The Labute approximate surface area is 147 Å². The number of ether oxygens (including phenoxy) is 2. The quantitative estimate of drug-likeness (QED) is 0.507. The molecule has 1 aliphatic rings. The highest BCUT2D eigenvalue weighted by Gasteiger charge is 2.27. The molecule has 1 aromatic carbocycles. The highest BCUT2D eigenvalue weighted by Crippen LogP contribution is 2.27. The smallest absolute Gasteiger partial charge is 0.410 e. The number of anilines is 1. The lowest BCUT2D eigenvalue weighted by Gasteiger charge is -2.33. The number of nitrogen functional groups attached to an aromatic ring is 1. The molecule has 0 radical (unpaired) electrons. The highest BCUT2D eigenvalue weighted by molar-refractivity contribution is 5.68. The zero-order valence-electron chi connectivity index (χ0n) is 14.9. The SMILES string of the molecule is CC(C)(C)OC(=O)N1CCC(COc2ccc(N)c([N+](=O)[O-])c2)CC1. The van der Waals surface area contributed by atoms with E-state index < -0.39 is 10.5 Å². The summed E-state index contributed by atoms with van der Waals surface area (Å²) in [7, 11) is 0. The molecule has 1 aromatic rings. The van der Waals surface area contributed by atoms with E-state index in [1.165, 1.54) is 12.1 Å². The maximum absolute atomic E-state index is 12.0. The summed E-state index contributed by atoms with van der Waals surface area (Å²) in [5, 5.41) is 10.9. The number of amides is 1. The van der Waals surface area contributed by atoms with Crippen LogP contribution >= 0.6 is 0 Å². The zero-order valence-corrected chi connectivity index (χ0v) is 14.9. The fourth-order valence-electron chi connectivity index (χ4n) is 2.59. The molecule has 1 heterocycles. The van der Waals surface area contributed by atoms with Gasteiger partial charge in [-0.2, -0.15) is 0 Å². The molecule has 0 aromatic heterocycles. The summed E-state index contributed by atoms with van der Waals surface area (Å²) in [6.07, 6.45) is 1.31. The first-order valence-electron chi connectivity index (χ1n) is 8.30. The summed E-state index contributed by atoms with van der Waals surface area (Å²) in [4.78, 5) is 24.1. The van der Waals surface area contributed by atoms with Gasteiger partial charge in [0.15, 0.2) is 0 Å². The summed E-state index contributed by atoms with van der Waals surface area (Å²) in [5.74, 6) is 0.714. The Kier molecular flexibility index (Phi) is 5.71. The van der Waals surface area contributed by atoms with Crippen LogP contribution < -0.4 is 10.5 Å². The van der Waals surface area contributed by atoms with Gasteiger partial charge < -0.3 is 20.1 Å². The molecule has 1 fully saturated rings. The minimum absolute atomic E-state index is 0.114. The van der Waals surface area contributed by atoms with Gasteiger partial charge in [0.25, 0.3) is 5.69 Å². The molecule has 0 bridgehead atoms. The Hall–Kier alpha value is -2.51. The maximum Gasteiger partial charge on any atom is 0.410 e. The van der Waals surface area contributed by atoms with E-state index in [0.717, 1.165) is 12.8 Å². The fourth-order valence-corrected chi connectivity index (χ4v) is 2.59. The van der Waals surface area contributed by atoms with Gasteiger partial charge in [-0.05, 0) is 51.7 Å². The zero-order chi connectivity index (χ0) is 18.6. The summed E-state index contributed by atoms with van der Waals surface area (Å²) >= 11 is 0. The van der Waals surface area contributed by atoms with E-state index in [9.17, 15) is 14.9 Å². The lowest BCUT2D eigenvalue weighted by Crippen LogP contribution is -2.42. The van der Waals surface area contributed by atoms with Gasteiger partial charge in [-0.3, -0.25) is 10.1 Å². The van der Waals surface area contributed by atoms with E-state index in [4.69, 9.17) is 15.2 Å². The van der Waals surface area contributed by atoms with Crippen molar-refractivity contribution in [3.63, 3.8) is 0 Å². The Balaban J connectivity index is 1.82. The molecule has 1 aliphatic heterocycles. The Morgan fingerprint density at radius 1 is 1.36 bits per heavy atom. The third-order valence-corrected chi connectivity index (χ3v) is 3.95. The number of nitro groups is 1. The molecular formula is C17H25N3O5. The number of piperidine rings is 1. The maximum atomic E-state index is 12.0. The third kappa shape index (κ3) is 5.51. The van der Waals surface area contributed by atoms with Gasteiger partial charge in [-0.1, -0.05) is 0 Å². The van der Waals surface area contributed by atoms with Gasteiger partial charge in [-0.15, -0.1) is 0 Å². The molecule has 8 nitrogen and oxygen atoms in total. The third-order valence-electron chi connectivity index (χ3n) is 3.95. The van der Waals surface area contributed by atoms with Crippen LogP contribution in [0.1, 0.15) is 33.6 Å². The standard InChI is InChI=1S/C17H25N3O5/c1-17(2,3)25-16(21)19-8-6-12(7-9-19)11-24-13-4-5-14(18)15(10-13)20(22)23/h4-5,10,12H,6-9,11,18H2,1-3H3. The van der Waals surface area contributed by atoms with Gasteiger partial charge in [0.05, 0.1) is 17.6 Å². The number of benzene rings is 1. The predicted octanol–water partition coefficient (Wildman–Crippen LogP) is 3.20. The van der Waals surface area contributed by atoms with E-state index in [0.29, 0.717) is 25.4 Å². The minimum Gasteiger partial charge on any atom is -0.493 e. The average Bonchev–Trinajstić information content (AvgIpc) is 2.52. The number of carbonyl (C=O) groups is 1. The number of likely N-dealkylation sites (tertiary alicyclic amines) is 1. The van der Waals surface area contributed by atoms with Gasteiger partial charge in [0.1, 0.15) is 17.0 Å².